The molecule has 0 spiro atoms. The lowest BCUT2D eigenvalue weighted by atomic mass is 10.0. The van der Waals surface area contributed by atoms with Crippen LogP contribution in [0.15, 0.2) is 54.6 Å². The molecule has 0 bridgehead atoms. The average molecular weight is 601 g/mol. The van der Waals surface area contributed by atoms with Crippen molar-refractivity contribution < 1.29 is 45.9 Å². The van der Waals surface area contributed by atoms with E-state index in [1.807, 2.05) is 0 Å². The molecule has 7 nitrogen and oxygen atoms in total. The van der Waals surface area contributed by atoms with Crippen LogP contribution in [-0.4, -0.2) is 55.0 Å². The minimum absolute atomic E-state index is 0.163. The molecule has 0 aliphatic carbocycles. The number of rotatable bonds is 8. The van der Waals surface area contributed by atoms with Crippen molar-refractivity contribution in [2.75, 3.05) is 36.7 Å². The second kappa shape index (κ2) is 11.5. The maximum Gasteiger partial charge on any atom is 0.416 e. The Balaban J connectivity index is 1.56. The summed E-state index contributed by atoms with van der Waals surface area (Å²) in [5.74, 6) is -5.75. The number of amides is 1. The first-order valence-electron chi connectivity index (χ1n) is 12.3. The Morgan fingerprint density at radius 1 is 1.02 bits per heavy atom. The van der Waals surface area contributed by atoms with E-state index < -0.39 is 78.5 Å². The van der Waals surface area contributed by atoms with Gasteiger partial charge in [-0.25, -0.2) is 13.2 Å². The summed E-state index contributed by atoms with van der Waals surface area (Å²) in [6, 6.07) is 8.91. The van der Waals surface area contributed by atoms with Gasteiger partial charge in [-0.05, 0) is 49.2 Å². The summed E-state index contributed by atoms with van der Waals surface area (Å²) in [6.45, 7) is 2.10. The number of carbonyl (C=O) groups is 1. The highest BCUT2D eigenvalue weighted by Gasteiger charge is 2.43. The third kappa shape index (κ3) is 6.28. The highest BCUT2D eigenvalue weighted by molar-refractivity contribution is 7.70. The van der Waals surface area contributed by atoms with Gasteiger partial charge in [0.05, 0.1) is 23.0 Å². The molecule has 1 heterocycles. The second-order valence-electron chi connectivity index (χ2n) is 9.90. The lowest BCUT2D eigenvalue weighted by Gasteiger charge is -2.23. The Kier molecular flexibility index (Phi) is 8.56. The quantitative estimate of drug-likeness (QED) is 0.174. The molecule has 3 atom stereocenters. The van der Waals surface area contributed by atoms with Crippen molar-refractivity contribution >= 4 is 29.7 Å². The fourth-order valence-corrected chi connectivity index (χ4v) is 5.90. The summed E-state index contributed by atoms with van der Waals surface area (Å²) < 4.78 is 96.0. The van der Waals surface area contributed by atoms with E-state index in [1.165, 1.54) is 31.5 Å². The molecule has 14 heteroatoms. The lowest BCUT2D eigenvalue weighted by Crippen LogP contribution is -2.50. The molecule has 3 aromatic rings. The van der Waals surface area contributed by atoms with Crippen LogP contribution in [0.5, 0.6) is 0 Å². The highest BCUT2D eigenvalue weighted by Crippen LogP contribution is 2.41. The molecule has 1 fully saturated rings. The van der Waals surface area contributed by atoms with E-state index in [-0.39, 0.29) is 23.7 Å². The minimum atomic E-state index is -4.78. The Morgan fingerprint density at radius 3 is 2.32 bits per heavy atom. The topological polar surface area (TPSA) is 102 Å². The van der Waals surface area contributed by atoms with Crippen LogP contribution >= 0.6 is 7.14 Å². The van der Waals surface area contributed by atoms with Gasteiger partial charge in [-0.3, -0.25) is 10.1 Å². The van der Waals surface area contributed by atoms with Crippen molar-refractivity contribution in [1.82, 2.24) is 5.32 Å². The molecule has 4 rings (SSSR count). The average Bonchev–Trinajstić information content (AvgIpc) is 3.20. The van der Waals surface area contributed by atoms with E-state index >= 15 is 8.78 Å². The number of aliphatic hydroxyl groups excluding tert-OH is 2. The van der Waals surface area contributed by atoms with Gasteiger partial charge < -0.3 is 25.0 Å². The van der Waals surface area contributed by atoms with Crippen LogP contribution in [0.4, 0.5) is 37.7 Å². The number of aliphatic hydroxyl groups is 2. The van der Waals surface area contributed by atoms with E-state index in [9.17, 15) is 37.1 Å². The first kappa shape index (κ1) is 30.6. The van der Waals surface area contributed by atoms with Gasteiger partial charge in [0.15, 0.2) is 18.0 Å². The third-order valence-corrected chi connectivity index (χ3v) is 8.26. The molecule has 220 valence electrons. The van der Waals surface area contributed by atoms with Crippen molar-refractivity contribution in [3.8, 4) is 11.1 Å². The van der Waals surface area contributed by atoms with Gasteiger partial charge >= 0.3 is 6.18 Å². The zero-order valence-corrected chi connectivity index (χ0v) is 22.6. The number of anilines is 2. The van der Waals surface area contributed by atoms with Gasteiger partial charge in [0.2, 0.25) is 5.91 Å². The minimum Gasteiger partial charge on any atom is -0.396 e. The SMILES string of the molecule is CP(C)(=O)c1ccccc1-c1ccc(N2CC(CO)[C@@H](NC(O)Nc3ccc(C(F)(F)F)cc3F)C2=O)c(F)c1F. The smallest absolute Gasteiger partial charge is 0.396 e. The number of carbonyl (C=O) groups excluding carboxylic acids is 1. The Bertz CT molecular complexity index is 1510. The maximum atomic E-state index is 15.4. The molecule has 2 unspecified atom stereocenters. The van der Waals surface area contributed by atoms with Crippen LogP contribution in [-0.2, 0) is 15.5 Å². The molecule has 1 aliphatic rings. The van der Waals surface area contributed by atoms with Crippen LogP contribution in [0, 0.1) is 23.4 Å². The summed E-state index contributed by atoms with van der Waals surface area (Å²) in [4.78, 5) is 14.1. The van der Waals surface area contributed by atoms with Crippen LogP contribution in [0.2, 0.25) is 0 Å². The molecule has 0 saturated carbocycles. The van der Waals surface area contributed by atoms with Gasteiger partial charge in [-0.2, -0.15) is 13.2 Å². The Labute approximate surface area is 231 Å². The predicted octanol–water partition coefficient (Wildman–Crippen LogP) is 4.34. The Morgan fingerprint density at radius 2 is 1.71 bits per heavy atom. The number of nitrogens with one attached hydrogen (secondary N) is 2. The van der Waals surface area contributed by atoms with E-state index in [1.54, 1.807) is 18.2 Å². The molecule has 0 radical (unpaired) electrons. The second-order valence-corrected chi connectivity index (χ2v) is 13.1. The number of halogens is 6. The van der Waals surface area contributed by atoms with Crippen molar-refractivity contribution in [1.29, 1.82) is 0 Å². The van der Waals surface area contributed by atoms with Gasteiger partial charge in [-0.15, -0.1) is 0 Å². The van der Waals surface area contributed by atoms with Gasteiger partial charge in [-0.1, -0.05) is 24.3 Å². The molecule has 1 aliphatic heterocycles. The molecule has 0 aromatic heterocycles. The highest BCUT2D eigenvalue weighted by atomic mass is 31.2. The summed E-state index contributed by atoms with van der Waals surface area (Å²) >= 11 is 0. The number of benzene rings is 3. The summed E-state index contributed by atoms with van der Waals surface area (Å²) in [6.07, 6.45) is -6.65. The number of hydrogen-bond acceptors (Lipinski definition) is 6. The number of alkyl halides is 3. The van der Waals surface area contributed by atoms with Gasteiger partial charge in [0.25, 0.3) is 0 Å². The fourth-order valence-electron chi connectivity index (χ4n) is 4.68. The standard InChI is InChI=1S/C27H26F6N3O4P/c1-41(2,40)21-6-4-3-5-16(21)17-8-10-20(23(30)22(17)29)36-12-14(13-37)24(25(36)38)35-26(39)34-19-9-7-15(11-18(19)28)27(31,32)33/h3-11,14,24,26,34-35,37,39H,12-13H2,1-2H3/t14?,24-,26?/m1/s1. The monoisotopic (exact) mass is 601 g/mol. The molecule has 1 amide bonds. The first-order valence-corrected chi connectivity index (χ1v) is 14.9. The Hall–Kier alpha value is -3.38. The van der Waals surface area contributed by atoms with Crippen LogP contribution in [0.1, 0.15) is 5.56 Å². The summed E-state index contributed by atoms with van der Waals surface area (Å²) in [5, 5.41) is 25.1. The number of nitrogens with zero attached hydrogens (tertiary/aromatic N) is 1. The van der Waals surface area contributed by atoms with Crippen molar-refractivity contribution in [3.63, 3.8) is 0 Å². The number of hydrogen-bond donors (Lipinski definition) is 4. The van der Waals surface area contributed by atoms with E-state index in [0.29, 0.717) is 11.4 Å². The zero-order valence-electron chi connectivity index (χ0n) is 21.7. The van der Waals surface area contributed by atoms with Crippen LogP contribution < -0.4 is 20.8 Å². The normalized spacial score (nSPS) is 18.6. The fraction of sp³-hybridized carbons (Fsp3) is 0.296. The zero-order chi connectivity index (χ0) is 30.3. The van der Waals surface area contributed by atoms with Gasteiger partial charge in [0.1, 0.15) is 13.0 Å². The summed E-state index contributed by atoms with van der Waals surface area (Å²) in [7, 11) is -2.86. The maximum absolute atomic E-state index is 15.4. The molecule has 41 heavy (non-hydrogen) atoms. The van der Waals surface area contributed by atoms with E-state index in [2.05, 4.69) is 10.6 Å². The molecular formula is C27H26F6N3O4P. The third-order valence-electron chi connectivity index (χ3n) is 6.71. The first-order chi connectivity index (χ1) is 19.1. The van der Waals surface area contributed by atoms with Crippen molar-refractivity contribution in [2.24, 2.45) is 5.92 Å². The van der Waals surface area contributed by atoms with E-state index in [4.69, 9.17) is 0 Å². The largest absolute Gasteiger partial charge is 0.416 e. The summed E-state index contributed by atoms with van der Waals surface area (Å²) in [5.41, 5.74) is -2.12. The molecule has 1 saturated heterocycles. The predicted molar refractivity (Wildman–Crippen MR) is 142 cm³/mol. The van der Waals surface area contributed by atoms with Crippen molar-refractivity contribution in [3.05, 3.63) is 77.6 Å². The van der Waals surface area contributed by atoms with Gasteiger partial charge in [0, 0.05) is 29.9 Å². The molecular weight excluding hydrogens is 575 g/mol. The van der Waals surface area contributed by atoms with E-state index in [0.717, 1.165) is 11.0 Å². The lowest BCUT2D eigenvalue weighted by molar-refractivity contribution is -0.137. The van der Waals surface area contributed by atoms with Crippen molar-refractivity contribution in [2.45, 2.75) is 18.6 Å². The molecule has 3 aromatic carbocycles. The van der Waals surface area contributed by atoms with Crippen LogP contribution in [0.25, 0.3) is 11.1 Å². The van der Waals surface area contributed by atoms with Crippen LogP contribution in [0.3, 0.4) is 0 Å². The molecule has 4 N–H and O–H groups in total.